The Hall–Kier alpha value is -2.63. The summed E-state index contributed by atoms with van der Waals surface area (Å²) in [5.74, 6) is -5.01. The topological polar surface area (TPSA) is 53.3 Å². The van der Waals surface area contributed by atoms with Crippen LogP contribution in [0.1, 0.15) is 65.1 Å². The Morgan fingerprint density at radius 1 is 1.15 bits per heavy atom. The lowest BCUT2D eigenvalue weighted by Crippen LogP contribution is -2.30. The van der Waals surface area contributed by atoms with Crippen molar-refractivity contribution in [2.45, 2.75) is 69.1 Å². The minimum atomic E-state index is -5.10. The maximum atomic E-state index is 14.9. The van der Waals surface area contributed by atoms with Crippen LogP contribution in [0.4, 0.5) is 30.7 Å². The fourth-order valence-corrected chi connectivity index (χ4v) is 4.48. The summed E-state index contributed by atoms with van der Waals surface area (Å²) < 4.78 is 106. The molecule has 12 heteroatoms. The summed E-state index contributed by atoms with van der Waals surface area (Å²) in [5, 5.41) is 3.56. The summed E-state index contributed by atoms with van der Waals surface area (Å²) in [6.07, 6.45) is -8.88. The van der Waals surface area contributed by atoms with Crippen LogP contribution < -0.4 is 0 Å². The summed E-state index contributed by atoms with van der Waals surface area (Å²) >= 11 is 0. The molecule has 0 unspecified atom stereocenters. The van der Waals surface area contributed by atoms with Crippen molar-refractivity contribution < 1.29 is 45.0 Å². The fraction of sp³-hybridized carbons (Fsp3) is 0.524. The van der Waals surface area contributed by atoms with E-state index >= 15 is 0 Å². The Labute approximate surface area is 183 Å². The minimum Gasteiger partial charge on any atom is -0.447 e. The molecule has 0 spiro atoms. The van der Waals surface area contributed by atoms with E-state index in [1.807, 2.05) is 0 Å². The van der Waals surface area contributed by atoms with Gasteiger partial charge in [-0.25, -0.2) is 13.6 Å². The van der Waals surface area contributed by atoms with Gasteiger partial charge >= 0.3 is 18.8 Å². The third-order valence-corrected chi connectivity index (χ3v) is 5.84. The van der Waals surface area contributed by atoms with E-state index in [1.54, 1.807) is 6.07 Å². The lowest BCUT2D eigenvalue weighted by Gasteiger charge is -2.30. The van der Waals surface area contributed by atoms with Gasteiger partial charge in [0.1, 0.15) is 0 Å². The van der Waals surface area contributed by atoms with E-state index in [-0.39, 0.29) is 24.8 Å². The van der Waals surface area contributed by atoms with E-state index in [0.717, 1.165) is 4.68 Å². The van der Waals surface area contributed by atoms with Gasteiger partial charge in [-0.15, -0.1) is 0 Å². The molecule has 0 aliphatic heterocycles. The number of carbonyl (C=O) groups is 1. The monoisotopic (exact) mass is 480 g/mol. The first-order chi connectivity index (χ1) is 15.5. The molecule has 1 fully saturated rings. The van der Waals surface area contributed by atoms with Crippen LogP contribution in [0.2, 0.25) is 0 Å². The molecule has 4 rings (SSSR count). The van der Waals surface area contributed by atoms with Gasteiger partial charge in [0.15, 0.2) is 11.8 Å². The highest BCUT2D eigenvalue weighted by Crippen LogP contribution is 2.51. The van der Waals surface area contributed by atoms with Gasteiger partial charge in [0, 0.05) is 0 Å². The van der Waals surface area contributed by atoms with Crippen LogP contribution in [0.5, 0.6) is 0 Å². The predicted molar refractivity (Wildman–Crippen MR) is 98.9 cm³/mol. The number of fused-ring (bicyclic) bond motifs is 1. The summed E-state index contributed by atoms with van der Waals surface area (Å²) in [6.45, 7) is -3.06. The number of carbonyl (C=O) groups excluding carboxylic acids is 1. The Kier molecular flexibility index (Phi) is 6.14. The number of hydrogen-bond acceptors (Lipinski definition) is 4. The predicted octanol–water partition coefficient (Wildman–Crippen LogP) is 5.71. The maximum absolute atomic E-state index is 14.9. The number of ether oxygens (including phenoxy) is 2. The average molecular weight is 480 g/mol. The quantitative estimate of drug-likeness (QED) is 0.406. The number of alkyl halides is 7. The summed E-state index contributed by atoms with van der Waals surface area (Å²) in [6, 6.07) is 6.21. The number of aromatic nitrogens is 2. The number of rotatable bonds is 5. The largest absolute Gasteiger partial charge is 0.447 e. The van der Waals surface area contributed by atoms with Gasteiger partial charge in [-0.1, -0.05) is 18.2 Å². The van der Waals surface area contributed by atoms with Crippen LogP contribution in [-0.2, 0) is 22.1 Å². The number of esters is 1. The number of halogens is 7. The van der Waals surface area contributed by atoms with Gasteiger partial charge < -0.3 is 9.47 Å². The van der Waals surface area contributed by atoms with Crippen molar-refractivity contribution in [3.63, 3.8) is 0 Å². The molecular formula is C21H19F7N2O3. The second kappa shape index (κ2) is 8.62. The third kappa shape index (κ3) is 4.71. The van der Waals surface area contributed by atoms with Gasteiger partial charge in [-0.3, -0.25) is 4.68 Å². The molecule has 33 heavy (non-hydrogen) atoms. The van der Waals surface area contributed by atoms with Gasteiger partial charge in [0.2, 0.25) is 0 Å². The van der Waals surface area contributed by atoms with Crippen LogP contribution in [0.25, 0.3) is 0 Å². The van der Waals surface area contributed by atoms with E-state index < -0.39 is 66.3 Å². The zero-order valence-electron chi connectivity index (χ0n) is 17.0. The van der Waals surface area contributed by atoms with Crippen LogP contribution in [0.3, 0.4) is 0 Å². The third-order valence-electron chi connectivity index (χ3n) is 5.84. The molecular weight excluding hydrogens is 461 g/mol. The summed E-state index contributed by atoms with van der Waals surface area (Å²) in [4.78, 5) is 12.4. The van der Waals surface area contributed by atoms with Gasteiger partial charge in [0.25, 0.3) is 5.92 Å². The molecule has 2 aliphatic carbocycles. The van der Waals surface area contributed by atoms with Crippen LogP contribution in [-0.4, -0.2) is 34.4 Å². The Bertz CT molecular complexity index is 1010. The minimum absolute atomic E-state index is 0.0954. The van der Waals surface area contributed by atoms with E-state index in [1.165, 1.54) is 24.3 Å². The van der Waals surface area contributed by atoms with Crippen molar-refractivity contribution in [2.75, 3.05) is 0 Å². The molecule has 0 radical (unpaired) electrons. The van der Waals surface area contributed by atoms with Crippen molar-refractivity contribution in [3.05, 3.63) is 52.8 Å². The fourth-order valence-electron chi connectivity index (χ4n) is 4.48. The lowest BCUT2D eigenvalue weighted by molar-refractivity contribution is -0.172. The molecule has 3 atom stereocenters. The zero-order valence-corrected chi connectivity index (χ0v) is 17.0. The average Bonchev–Trinajstić information content (AvgIpc) is 3.21. The van der Waals surface area contributed by atoms with Crippen LogP contribution >= 0.6 is 0 Å². The van der Waals surface area contributed by atoms with Crippen LogP contribution in [0, 0.1) is 0 Å². The van der Waals surface area contributed by atoms with E-state index in [9.17, 15) is 35.5 Å². The van der Waals surface area contributed by atoms with Gasteiger partial charge in [0.05, 0.1) is 35.4 Å². The highest BCUT2D eigenvalue weighted by atomic mass is 19.4. The second-order valence-electron chi connectivity index (χ2n) is 8.08. The van der Waals surface area contributed by atoms with Crippen molar-refractivity contribution in [1.29, 1.82) is 0 Å². The Morgan fingerprint density at radius 3 is 2.48 bits per heavy atom. The SMILES string of the molecule is O=C(O[C@H]1c2c(C(F)(F)F)nn([C@H]3CCC[C@H](OC(F)F)C3)c2CC1(F)F)c1ccccc1. The zero-order chi connectivity index (χ0) is 24.0. The van der Waals surface area contributed by atoms with E-state index in [4.69, 9.17) is 4.74 Å². The smallest absolute Gasteiger partial charge is 0.435 e. The Balaban J connectivity index is 1.71. The molecule has 0 bridgehead atoms. The molecule has 5 nitrogen and oxygen atoms in total. The highest BCUT2D eigenvalue weighted by Gasteiger charge is 2.58. The first kappa shape index (κ1) is 23.5. The first-order valence-electron chi connectivity index (χ1n) is 10.2. The van der Waals surface area contributed by atoms with Crippen molar-refractivity contribution >= 4 is 5.97 Å². The molecule has 2 aliphatic rings. The molecule has 1 aromatic carbocycles. The van der Waals surface area contributed by atoms with Crippen molar-refractivity contribution in [1.82, 2.24) is 9.78 Å². The molecule has 0 N–H and O–H groups in total. The highest BCUT2D eigenvalue weighted by molar-refractivity contribution is 5.89. The molecule has 0 saturated heterocycles. The van der Waals surface area contributed by atoms with Gasteiger partial charge in [-0.2, -0.15) is 27.1 Å². The normalized spacial score (nSPS) is 24.7. The molecule has 1 heterocycles. The number of hydrogen-bond donors (Lipinski definition) is 0. The standard InChI is InChI=1S/C21H19F7N2O3/c22-19(23)32-13-8-4-7-12(9-13)30-14-10-20(24,25)17(15(14)16(29-30)21(26,27)28)33-18(31)11-5-2-1-3-6-11/h1-3,5-6,12-13,17,19H,4,7-10H2/t12-,13-,17-/m0/s1. The Morgan fingerprint density at radius 2 is 1.85 bits per heavy atom. The second-order valence-corrected chi connectivity index (χ2v) is 8.08. The number of benzene rings is 1. The molecule has 1 saturated carbocycles. The first-order valence-corrected chi connectivity index (χ1v) is 10.2. The molecule has 0 amide bonds. The van der Waals surface area contributed by atoms with E-state index in [0.29, 0.717) is 6.42 Å². The molecule has 180 valence electrons. The molecule has 1 aromatic heterocycles. The maximum Gasteiger partial charge on any atom is 0.435 e. The lowest BCUT2D eigenvalue weighted by atomic mass is 9.92. The summed E-state index contributed by atoms with van der Waals surface area (Å²) in [7, 11) is 0. The van der Waals surface area contributed by atoms with Crippen molar-refractivity contribution in [2.24, 2.45) is 0 Å². The van der Waals surface area contributed by atoms with Crippen LogP contribution in [0.15, 0.2) is 30.3 Å². The number of nitrogens with zero attached hydrogens (tertiary/aromatic N) is 2. The molecule has 2 aromatic rings. The van der Waals surface area contributed by atoms with Crippen molar-refractivity contribution in [3.8, 4) is 0 Å². The summed E-state index contributed by atoms with van der Waals surface area (Å²) in [5.41, 5.74) is -2.98. The van der Waals surface area contributed by atoms with Gasteiger partial charge in [-0.05, 0) is 37.8 Å². The van der Waals surface area contributed by atoms with E-state index in [2.05, 4.69) is 9.84 Å².